The minimum Gasteiger partial charge on any atom is -0.494 e. The lowest BCUT2D eigenvalue weighted by atomic mass is 10.1. The number of para-hydroxylation sites is 1. The van der Waals surface area contributed by atoms with Crippen LogP contribution in [0.1, 0.15) is 24.5 Å². The van der Waals surface area contributed by atoms with E-state index in [1.54, 1.807) is 17.0 Å². The van der Waals surface area contributed by atoms with Gasteiger partial charge in [-0.1, -0.05) is 60.2 Å². The predicted molar refractivity (Wildman–Crippen MR) is 145 cm³/mol. The number of amides is 1. The van der Waals surface area contributed by atoms with Crippen molar-refractivity contribution in [1.82, 2.24) is 14.6 Å². The fourth-order valence-electron chi connectivity index (χ4n) is 4.36. The summed E-state index contributed by atoms with van der Waals surface area (Å²) in [6.45, 7) is 3.07. The standard InChI is InChI=1S/C28H21ClN4O3S/c1-2-15-36-20-13-9-18(10-14-20)25-30-28-33(31-25)27(35)24(37-28)23-21-5-3-4-6-22(21)32(26(23)34)16-17-7-11-19(29)12-8-17/h3-14H,2,15-16H2,1H3/b24-23-. The Hall–Kier alpha value is -4.01. The van der Waals surface area contributed by atoms with Crippen molar-refractivity contribution >= 4 is 45.1 Å². The van der Waals surface area contributed by atoms with Crippen LogP contribution in [0, 0.1) is 0 Å². The van der Waals surface area contributed by atoms with Gasteiger partial charge in [-0.05, 0) is 54.4 Å². The third-order valence-corrected chi connectivity index (χ3v) is 7.43. The summed E-state index contributed by atoms with van der Waals surface area (Å²) in [4.78, 5) is 33.8. The summed E-state index contributed by atoms with van der Waals surface area (Å²) in [5.74, 6) is 1.00. The van der Waals surface area contributed by atoms with Crippen molar-refractivity contribution in [3.8, 4) is 17.1 Å². The molecule has 0 spiro atoms. The van der Waals surface area contributed by atoms with Crippen LogP contribution in [0.2, 0.25) is 5.02 Å². The number of hydrogen-bond acceptors (Lipinski definition) is 6. The monoisotopic (exact) mass is 528 g/mol. The lowest BCUT2D eigenvalue weighted by molar-refractivity contribution is -0.113. The van der Waals surface area contributed by atoms with Crippen LogP contribution in [0.25, 0.3) is 21.9 Å². The number of halogens is 1. The number of carbonyl (C=O) groups is 1. The van der Waals surface area contributed by atoms with E-state index in [1.165, 1.54) is 15.9 Å². The van der Waals surface area contributed by atoms with E-state index in [1.807, 2.05) is 60.7 Å². The molecule has 1 aliphatic heterocycles. The van der Waals surface area contributed by atoms with Gasteiger partial charge in [0.1, 0.15) is 10.3 Å². The van der Waals surface area contributed by atoms with Crippen LogP contribution in [-0.4, -0.2) is 27.1 Å². The topological polar surface area (TPSA) is 76.8 Å². The van der Waals surface area contributed by atoms with Crippen molar-refractivity contribution in [2.45, 2.75) is 19.9 Å². The van der Waals surface area contributed by atoms with Gasteiger partial charge in [0.25, 0.3) is 11.5 Å². The second-order valence-corrected chi connectivity index (χ2v) is 10.1. The molecule has 0 bridgehead atoms. The fraction of sp³-hybridized carbons (Fsp3) is 0.143. The molecular weight excluding hydrogens is 508 g/mol. The van der Waals surface area contributed by atoms with Crippen molar-refractivity contribution < 1.29 is 9.53 Å². The zero-order valence-electron chi connectivity index (χ0n) is 19.8. The highest BCUT2D eigenvalue weighted by Crippen LogP contribution is 2.36. The maximum Gasteiger partial charge on any atom is 0.291 e. The first-order valence-corrected chi connectivity index (χ1v) is 13.1. The third kappa shape index (κ3) is 4.18. The van der Waals surface area contributed by atoms with Gasteiger partial charge >= 0.3 is 0 Å². The van der Waals surface area contributed by atoms with Gasteiger partial charge in [-0.2, -0.15) is 9.50 Å². The maximum atomic E-state index is 13.6. The Balaban J connectivity index is 1.40. The van der Waals surface area contributed by atoms with Crippen LogP contribution in [-0.2, 0) is 11.3 Å². The molecule has 37 heavy (non-hydrogen) atoms. The first-order valence-electron chi connectivity index (χ1n) is 11.9. The molecule has 9 heteroatoms. The highest BCUT2D eigenvalue weighted by atomic mass is 35.5. The van der Waals surface area contributed by atoms with Crippen LogP contribution in [0.4, 0.5) is 5.69 Å². The van der Waals surface area contributed by atoms with E-state index in [4.69, 9.17) is 16.3 Å². The van der Waals surface area contributed by atoms with Crippen LogP contribution in [0.3, 0.4) is 0 Å². The van der Waals surface area contributed by atoms with Crippen LogP contribution in [0.15, 0.2) is 77.6 Å². The molecule has 184 valence electrons. The zero-order valence-corrected chi connectivity index (χ0v) is 21.4. The van der Waals surface area contributed by atoms with E-state index in [9.17, 15) is 9.59 Å². The largest absolute Gasteiger partial charge is 0.494 e. The lowest BCUT2D eigenvalue weighted by Crippen LogP contribution is -2.32. The molecule has 0 N–H and O–H groups in total. The van der Waals surface area contributed by atoms with Gasteiger partial charge in [0.15, 0.2) is 5.82 Å². The number of benzene rings is 3. The third-order valence-electron chi connectivity index (χ3n) is 6.15. The highest BCUT2D eigenvalue weighted by Gasteiger charge is 2.34. The Morgan fingerprint density at radius 1 is 0.973 bits per heavy atom. The lowest BCUT2D eigenvalue weighted by Gasteiger charge is -2.17. The van der Waals surface area contributed by atoms with E-state index >= 15 is 0 Å². The molecule has 0 aliphatic carbocycles. The molecule has 5 aromatic rings. The van der Waals surface area contributed by atoms with Crippen molar-refractivity contribution in [2.24, 2.45) is 0 Å². The van der Waals surface area contributed by atoms with Crippen molar-refractivity contribution in [3.63, 3.8) is 0 Å². The van der Waals surface area contributed by atoms with Gasteiger partial charge in [0.05, 0.1) is 24.4 Å². The Bertz CT molecular complexity index is 1740. The molecule has 3 aromatic carbocycles. The number of nitrogens with zero attached hydrogens (tertiary/aromatic N) is 4. The van der Waals surface area contributed by atoms with Gasteiger partial charge in [-0.25, -0.2) is 0 Å². The Morgan fingerprint density at radius 2 is 1.73 bits per heavy atom. The second kappa shape index (κ2) is 9.46. The summed E-state index contributed by atoms with van der Waals surface area (Å²) < 4.78 is 7.25. The SMILES string of the molecule is CCCOc1ccc(-c2nc3s/c(=C4\C(=O)N(Cc5ccc(Cl)cc5)c5ccccc54)c(=O)n3n2)cc1. The van der Waals surface area contributed by atoms with Gasteiger partial charge in [0.2, 0.25) is 4.96 Å². The number of thiazole rings is 1. The van der Waals surface area contributed by atoms with Gasteiger partial charge in [0, 0.05) is 16.1 Å². The van der Waals surface area contributed by atoms with Crippen LogP contribution >= 0.6 is 22.9 Å². The molecule has 0 saturated heterocycles. The van der Waals surface area contributed by atoms with Crippen molar-refractivity contribution in [1.29, 1.82) is 0 Å². The fourth-order valence-corrected chi connectivity index (χ4v) is 5.48. The number of hydrogen-bond donors (Lipinski definition) is 0. The summed E-state index contributed by atoms with van der Waals surface area (Å²) in [6, 6.07) is 22.4. The molecule has 0 unspecified atom stereocenters. The molecule has 0 atom stereocenters. The summed E-state index contributed by atoms with van der Waals surface area (Å²) in [6.07, 6.45) is 0.931. The van der Waals surface area contributed by atoms with Crippen LogP contribution in [0.5, 0.6) is 5.75 Å². The number of rotatable bonds is 6. The van der Waals surface area contributed by atoms with E-state index < -0.39 is 0 Å². The molecule has 0 saturated carbocycles. The van der Waals surface area contributed by atoms with Gasteiger partial charge in [-0.15, -0.1) is 5.10 Å². The highest BCUT2D eigenvalue weighted by molar-refractivity contribution is 7.15. The normalized spacial score (nSPS) is 14.4. The van der Waals surface area contributed by atoms with Gasteiger partial charge < -0.3 is 9.64 Å². The van der Waals surface area contributed by atoms with Crippen LogP contribution < -0.4 is 19.7 Å². The number of fused-ring (bicyclic) bond motifs is 2. The molecule has 2 aromatic heterocycles. The number of carbonyl (C=O) groups excluding carboxylic acids is 1. The smallest absolute Gasteiger partial charge is 0.291 e. The van der Waals surface area contributed by atoms with Crippen molar-refractivity contribution in [3.05, 3.63) is 104 Å². The first kappa shape index (κ1) is 23.4. The Morgan fingerprint density at radius 3 is 2.46 bits per heavy atom. The first-order chi connectivity index (χ1) is 18.0. The molecule has 3 heterocycles. The summed E-state index contributed by atoms with van der Waals surface area (Å²) in [7, 11) is 0. The van der Waals surface area contributed by atoms with Gasteiger partial charge in [-0.3, -0.25) is 9.59 Å². The molecule has 6 rings (SSSR count). The second-order valence-electron chi connectivity index (χ2n) is 8.65. The number of anilines is 1. The van der Waals surface area contributed by atoms with E-state index in [0.717, 1.165) is 34.5 Å². The minimum absolute atomic E-state index is 0.222. The number of aromatic nitrogens is 3. The number of ether oxygens (including phenoxy) is 1. The summed E-state index contributed by atoms with van der Waals surface area (Å²) in [5.41, 5.74) is 3.24. The minimum atomic E-state index is -0.354. The maximum absolute atomic E-state index is 13.6. The van der Waals surface area contributed by atoms with E-state index in [-0.39, 0.29) is 11.5 Å². The zero-order chi connectivity index (χ0) is 25.5. The molecule has 1 aliphatic rings. The summed E-state index contributed by atoms with van der Waals surface area (Å²) in [5, 5.41) is 5.09. The molecule has 0 radical (unpaired) electrons. The van der Waals surface area contributed by atoms with Crippen molar-refractivity contribution in [2.75, 3.05) is 11.5 Å². The average Bonchev–Trinajstić information content (AvgIpc) is 3.55. The van der Waals surface area contributed by atoms with E-state index in [0.29, 0.717) is 39.1 Å². The Labute approximate surface area is 221 Å². The molecule has 1 amide bonds. The van der Waals surface area contributed by atoms with E-state index in [2.05, 4.69) is 17.0 Å². The average molecular weight is 529 g/mol. The molecule has 0 fully saturated rings. The molecule has 7 nitrogen and oxygen atoms in total. The molecular formula is C28H21ClN4O3S. The predicted octanol–water partition coefficient (Wildman–Crippen LogP) is 4.72. The Kier molecular flexibility index (Phi) is 5.98. The summed E-state index contributed by atoms with van der Waals surface area (Å²) >= 11 is 7.20. The quantitative estimate of drug-likeness (QED) is 0.318.